The Labute approximate surface area is 146 Å². The third-order valence-electron chi connectivity index (χ3n) is 4.01. The lowest BCUT2D eigenvalue weighted by atomic mass is 10.0. The minimum Gasteiger partial charge on any atom is -0.332 e. The molecule has 2 aliphatic rings. The second-order valence-electron chi connectivity index (χ2n) is 5.66. The maximum absolute atomic E-state index is 12.5. The van der Waals surface area contributed by atoms with Gasteiger partial charge in [-0.25, -0.2) is 22.0 Å². The molecule has 2 rings (SSSR count). The van der Waals surface area contributed by atoms with E-state index in [0.717, 1.165) is 0 Å². The first-order chi connectivity index (χ1) is 11.0. The van der Waals surface area contributed by atoms with Gasteiger partial charge in [0.25, 0.3) is 0 Å². The molecule has 0 aromatic carbocycles. The van der Waals surface area contributed by atoms with E-state index < -0.39 is 31.2 Å². The number of hydrogen-bond acceptors (Lipinski definition) is 7. The predicted octanol–water partition coefficient (Wildman–Crippen LogP) is -0.282. The molecule has 0 aromatic heterocycles. The Morgan fingerprint density at radius 2 is 2.12 bits per heavy atom. The Kier molecular flexibility index (Phi) is 5.50. The number of primary sulfonamides is 1. The predicted molar refractivity (Wildman–Crippen MR) is 93.9 cm³/mol. The summed E-state index contributed by atoms with van der Waals surface area (Å²) in [5, 5.41) is 7.31. The zero-order valence-corrected chi connectivity index (χ0v) is 16.1. The molecule has 0 fully saturated rings. The summed E-state index contributed by atoms with van der Waals surface area (Å²) in [4.78, 5) is 13.8. The third-order valence-corrected chi connectivity index (χ3v) is 9.39. The Hall–Kier alpha value is -0.880. The Morgan fingerprint density at radius 3 is 2.62 bits per heavy atom. The van der Waals surface area contributed by atoms with Crippen LogP contribution in [0.3, 0.4) is 0 Å². The lowest BCUT2D eigenvalue weighted by Gasteiger charge is -2.32. The highest BCUT2D eigenvalue weighted by atomic mass is 32.3. The third kappa shape index (κ3) is 3.40. The number of sulfonamides is 1. The Bertz CT molecular complexity index is 814. The lowest BCUT2D eigenvalue weighted by molar-refractivity contribution is -0.130. The summed E-state index contributed by atoms with van der Waals surface area (Å²) >= 11 is 0.663. The molecule has 3 N–H and O–H groups in total. The van der Waals surface area contributed by atoms with Gasteiger partial charge in [-0.3, -0.25) is 4.79 Å². The van der Waals surface area contributed by atoms with Crippen molar-refractivity contribution in [2.45, 2.75) is 31.6 Å². The molecule has 24 heavy (non-hydrogen) atoms. The molecule has 0 spiro atoms. The van der Waals surface area contributed by atoms with Crippen LogP contribution < -0.4 is 10.5 Å². The smallest absolute Gasteiger partial charge is 0.244 e. The van der Waals surface area contributed by atoms with E-state index in [1.54, 1.807) is 20.9 Å². The van der Waals surface area contributed by atoms with Crippen molar-refractivity contribution in [1.29, 1.82) is 0 Å². The number of rotatable bonds is 5. The summed E-state index contributed by atoms with van der Waals surface area (Å²) in [6.07, 6.45) is 1.65. The number of thioether (sulfide) groups is 1. The molecule has 0 bridgehead atoms. The number of nitrogens with one attached hydrogen (secondary N) is 1. The van der Waals surface area contributed by atoms with Gasteiger partial charge in [0.05, 0.1) is 17.8 Å². The second-order valence-corrected chi connectivity index (χ2v) is 11.1. The van der Waals surface area contributed by atoms with Crippen molar-refractivity contribution < 1.29 is 21.6 Å². The van der Waals surface area contributed by atoms with Gasteiger partial charge in [0.2, 0.25) is 15.9 Å². The zero-order valence-electron chi connectivity index (χ0n) is 13.6. The van der Waals surface area contributed by atoms with Crippen LogP contribution in [0.15, 0.2) is 20.1 Å². The summed E-state index contributed by atoms with van der Waals surface area (Å²) in [5.74, 6) is -0.245. The number of hydrogen-bond donors (Lipinski definition) is 2. The summed E-state index contributed by atoms with van der Waals surface area (Å²) in [7, 11) is -6.05. The number of nitrogens with zero attached hydrogens (tertiary/aromatic N) is 1. The maximum atomic E-state index is 12.5. The average Bonchev–Trinajstić information content (AvgIpc) is 2.70. The summed E-state index contributed by atoms with van der Waals surface area (Å²) < 4.78 is 48.3. The fourth-order valence-corrected chi connectivity index (χ4v) is 7.27. The number of sulfone groups is 1. The van der Waals surface area contributed by atoms with Gasteiger partial charge in [0.1, 0.15) is 8.47 Å². The quantitative estimate of drug-likeness (QED) is 0.655. The highest BCUT2D eigenvalue weighted by molar-refractivity contribution is 8.27. The number of carbonyl (C=O) groups excluding carboxylic acids is 1. The fraction of sp³-hybridized carbons (Fsp3) is 0.615. The minimum atomic E-state index is -4.07. The molecule has 0 aromatic rings. The van der Waals surface area contributed by atoms with Crippen LogP contribution in [-0.4, -0.2) is 59.1 Å². The van der Waals surface area contributed by atoms with Crippen LogP contribution in [0.4, 0.5) is 0 Å². The molecule has 136 valence electrons. The number of likely N-dealkylation sites (N-methyl/N-ethyl adjacent to an activating group) is 2. The fourth-order valence-electron chi connectivity index (χ4n) is 2.80. The van der Waals surface area contributed by atoms with Crippen molar-refractivity contribution in [3.05, 3.63) is 20.1 Å². The van der Waals surface area contributed by atoms with Crippen molar-refractivity contribution in [2.75, 3.05) is 20.1 Å². The molecule has 2 atom stereocenters. The SMILES string of the molecule is CCN(C(=O)CNC)[C@H]1C=C(S(N)(=O)=O)SC2=C1C[C@H](C)S2(=O)=O. The molecule has 0 radical (unpaired) electrons. The number of amides is 1. The highest BCUT2D eigenvalue weighted by Gasteiger charge is 2.45. The van der Waals surface area contributed by atoms with Crippen LogP contribution in [0.5, 0.6) is 0 Å². The maximum Gasteiger partial charge on any atom is 0.244 e. The Morgan fingerprint density at radius 1 is 1.50 bits per heavy atom. The molecule has 2 heterocycles. The average molecular weight is 396 g/mol. The molecule has 0 unspecified atom stereocenters. The van der Waals surface area contributed by atoms with Gasteiger partial charge in [-0.1, -0.05) is 11.8 Å². The normalized spacial score (nSPS) is 26.1. The van der Waals surface area contributed by atoms with E-state index >= 15 is 0 Å². The molecule has 1 amide bonds. The molecule has 2 aliphatic heterocycles. The molecular weight excluding hydrogens is 374 g/mol. The zero-order chi connectivity index (χ0) is 18.3. The lowest BCUT2D eigenvalue weighted by Crippen LogP contribution is -2.45. The van der Waals surface area contributed by atoms with Gasteiger partial charge in [-0.05, 0) is 39.0 Å². The van der Waals surface area contributed by atoms with Crippen molar-refractivity contribution in [3.8, 4) is 0 Å². The molecule has 0 saturated heterocycles. The van der Waals surface area contributed by atoms with E-state index in [9.17, 15) is 21.6 Å². The Balaban J connectivity index is 2.58. The molecular formula is C13H21N3O5S3. The molecule has 0 saturated carbocycles. The van der Waals surface area contributed by atoms with Crippen LogP contribution in [0, 0.1) is 0 Å². The highest BCUT2D eigenvalue weighted by Crippen LogP contribution is 2.48. The monoisotopic (exact) mass is 395 g/mol. The van der Waals surface area contributed by atoms with Gasteiger partial charge >= 0.3 is 0 Å². The van der Waals surface area contributed by atoms with E-state index in [1.165, 1.54) is 11.0 Å². The van der Waals surface area contributed by atoms with E-state index in [0.29, 0.717) is 23.9 Å². The minimum absolute atomic E-state index is 0.0160. The van der Waals surface area contributed by atoms with Crippen molar-refractivity contribution >= 4 is 37.5 Å². The van der Waals surface area contributed by atoms with E-state index in [4.69, 9.17) is 5.14 Å². The van der Waals surface area contributed by atoms with Crippen LogP contribution in [0.1, 0.15) is 20.3 Å². The summed E-state index contributed by atoms with van der Waals surface area (Å²) in [6.45, 7) is 3.72. The number of nitrogens with two attached hydrogens (primary N) is 1. The first-order valence-corrected chi connectivity index (χ1v) is 11.3. The van der Waals surface area contributed by atoms with E-state index in [-0.39, 0.29) is 27.3 Å². The molecule has 0 aliphatic carbocycles. The number of carbonyl (C=O) groups is 1. The first kappa shape index (κ1) is 19.4. The molecule has 11 heteroatoms. The second kappa shape index (κ2) is 6.79. The van der Waals surface area contributed by atoms with E-state index in [2.05, 4.69) is 5.32 Å². The van der Waals surface area contributed by atoms with Gasteiger partial charge < -0.3 is 10.2 Å². The van der Waals surface area contributed by atoms with Crippen LogP contribution in [0.2, 0.25) is 0 Å². The summed E-state index contributed by atoms with van der Waals surface area (Å²) in [5.41, 5.74) is 0.561. The largest absolute Gasteiger partial charge is 0.332 e. The topological polar surface area (TPSA) is 127 Å². The molecule has 8 nitrogen and oxygen atoms in total. The van der Waals surface area contributed by atoms with Gasteiger partial charge in [-0.15, -0.1) is 0 Å². The van der Waals surface area contributed by atoms with Gasteiger partial charge in [0, 0.05) is 6.54 Å². The summed E-state index contributed by atoms with van der Waals surface area (Å²) in [6, 6.07) is -0.722. The standard InChI is InChI=1S/C13H21N3O5S3/c1-4-16(11(17)7-15-3)10-6-12(24(14,20)21)22-13-9(10)5-8(2)23(13,18)19/h6,8,10,15H,4-5,7H2,1-3H3,(H2,14,20,21)/t8-,10-/m0/s1. The van der Waals surface area contributed by atoms with Crippen LogP contribution >= 0.6 is 11.8 Å². The van der Waals surface area contributed by atoms with Gasteiger partial charge in [-0.2, -0.15) is 0 Å². The van der Waals surface area contributed by atoms with Crippen molar-refractivity contribution in [2.24, 2.45) is 5.14 Å². The van der Waals surface area contributed by atoms with E-state index in [1.807, 2.05) is 0 Å². The van der Waals surface area contributed by atoms with Crippen LogP contribution in [0.25, 0.3) is 0 Å². The first-order valence-electron chi connectivity index (χ1n) is 7.37. The van der Waals surface area contributed by atoms with Crippen molar-refractivity contribution in [1.82, 2.24) is 10.2 Å². The van der Waals surface area contributed by atoms with Crippen LogP contribution in [-0.2, 0) is 24.7 Å². The van der Waals surface area contributed by atoms with Crippen molar-refractivity contribution in [3.63, 3.8) is 0 Å². The van der Waals surface area contributed by atoms with Gasteiger partial charge in [0.15, 0.2) is 9.84 Å².